The summed E-state index contributed by atoms with van der Waals surface area (Å²) >= 11 is 0. The molecule has 0 bridgehead atoms. The maximum atomic E-state index is 11.8. The van der Waals surface area contributed by atoms with Crippen LogP contribution in [-0.2, 0) is 0 Å². The average Bonchev–Trinajstić information content (AvgIpc) is 2.85. The summed E-state index contributed by atoms with van der Waals surface area (Å²) in [5.74, 6) is -0.239. The third-order valence-corrected chi connectivity index (χ3v) is 2.63. The van der Waals surface area contributed by atoms with Crippen LogP contribution in [0.5, 0.6) is 0 Å². The number of nitrogens with one attached hydrogen (secondary N) is 1. The third-order valence-electron chi connectivity index (χ3n) is 2.63. The molecule has 1 saturated heterocycles. The summed E-state index contributed by atoms with van der Waals surface area (Å²) in [7, 11) is 1.65. The Hall–Kier alpha value is -1.40. The SMILES string of the molecule is CN(C(=O)c1ccon1)C1CNCC1O. The van der Waals surface area contributed by atoms with E-state index in [0.717, 1.165) is 0 Å². The van der Waals surface area contributed by atoms with Crippen LogP contribution in [0.4, 0.5) is 0 Å². The van der Waals surface area contributed by atoms with E-state index in [9.17, 15) is 9.90 Å². The molecule has 1 aliphatic rings. The lowest BCUT2D eigenvalue weighted by Gasteiger charge is -2.25. The second-order valence-corrected chi connectivity index (χ2v) is 3.59. The molecule has 82 valence electrons. The molecular weight excluding hydrogens is 198 g/mol. The molecule has 2 unspecified atom stereocenters. The van der Waals surface area contributed by atoms with Crippen molar-refractivity contribution in [3.05, 3.63) is 18.0 Å². The Labute approximate surface area is 86.8 Å². The van der Waals surface area contributed by atoms with E-state index in [1.807, 2.05) is 0 Å². The van der Waals surface area contributed by atoms with Crippen LogP contribution >= 0.6 is 0 Å². The van der Waals surface area contributed by atoms with Crippen LogP contribution in [0, 0.1) is 0 Å². The van der Waals surface area contributed by atoms with Crippen molar-refractivity contribution in [2.24, 2.45) is 0 Å². The number of hydrogen-bond donors (Lipinski definition) is 2. The largest absolute Gasteiger partial charge is 0.390 e. The van der Waals surface area contributed by atoms with Gasteiger partial charge < -0.3 is 19.8 Å². The van der Waals surface area contributed by atoms with Crippen molar-refractivity contribution in [2.45, 2.75) is 12.1 Å². The molecule has 6 heteroatoms. The van der Waals surface area contributed by atoms with Gasteiger partial charge in [0, 0.05) is 26.2 Å². The molecular formula is C9H13N3O3. The molecule has 0 aromatic carbocycles. The monoisotopic (exact) mass is 211 g/mol. The van der Waals surface area contributed by atoms with Crippen molar-refractivity contribution in [3.8, 4) is 0 Å². The minimum atomic E-state index is -0.522. The lowest BCUT2D eigenvalue weighted by atomic mass is 10.2. The highest BCUT2D eigenvalue weighted by Gasteiger charge is 2.32. The molecule has 0 radical (unpaired) electrons. The second-order valence-electron chi connectivity index (χ2n) is 3.59. The summed E-state index contributed by atoms with van der Waals surface area (Å²) in [6, 6.07) is 1.31. The maximum absolute atomic E-state index is 11.8. The molecule has 1 amide bonds. The van der Waals surface area contributed by atoms with Crippen LogP contribution in [0.2, 0.25) is 0 Å². The molecule has 1 aromatic heterocycles. The number of aliphatic hydroxyl groups excluding tert-OH is 1. The van der Waals surface area contributed by atoms with E-state index in [2.05, 4.69) is 15.0 Å². The van der Waals surface area contributed by atoms with Gasteiger partial charge in [-0.15, -0.1) is 0 Å². The van der Waals surface area contributed by atoms with E-state index in [1.54, 1.807) is 7.05 Å². The van der Waals surface area contributed by atoms with Gasteiger partial charge in [-0.25, -0.2) is 0 Å². The smallest absolute Gasteiger partial charge is 0.276 e. The number of amides is 1. The van der Waals surface area contributed by atoms with Crippen molar-refractivity contribution in [2.75, 3.05) is 20.1 Å². The van der Waals surface area contributed by atoms with Crippen LogP contribution in [0.3, 0.4) is 0 Å². The Bertz CT molecular complexity index is 338. The van der Waals surface area contributed by atoms with Gasteiger partial charge in [-0.3, -0.25) is 4.79 Å². The lowest BCUT2D eigenvalue weighted by Crippen LogP contribution is -2.44. The first-order valence-corrected chi connectivity index (χ1v) is 4.76. The summed E-state index contributed by atoms with van der Waals surface area (Å²) in [6.07, 6.45) is 0.829. The van der Waals surface area contributed by atoms with Crippen molar-refractivity contribution in [3.63, 3.8) is 0 Å². The number of β-amino-alcohol motifs (C(OH)–C–C–N with tert-alkyl or cyclic N) is 1. The molecule has 6 nitrogen and oxygen atoms in total. The predicted molar refractivity (Wildman–Crippen MR) is 51.3 cm³/mol. The van der Waals surface area contributed by atoms with Gasteiger partial charge in [0.2, 0.25) is 0 Å². The minimum absolute atomic E-state index is 0.200. The fourth-order valence-electron chi connectivity index (χ4n) is 1.70. The Morgan fingerprint density at radius 3 is 3.07 bits per heavy atom. The van der Waals surface area contributed by atoms with E-state index in [4.69, 9.17) is 0 Å². The summed E-state index contributed by atoms with van der Waals surface area (Å²) in [4.78, 5) is 13.3. The molecule has 2 N–H and O–H groups in total. The molecule has 0 spiro atoms. The molecule has 1 aliphatic heterocycles. The molecule has 15 heavy (non-hydrogen) atoms. The maximum Gasteiger partial charge on any atom is 0.276 e. The molecule has 2 atom stereocenters. The third kappa shape index (κ3) is 1.86. The summed E-state index contributed by atoms with van der Waals surface area (Å²) in [6.45, 7) is 1.11. The highest BCUT2D eigenvalue weighted by molar-refractivity contribution is 5.92. The predicted octanol–water partition coefficient (Wildman–Crippen LogP) is -0.921. The zero-order chi connectivity index (χ0) is 10.8. The number of rotatable bonds is 2. The summed E-state index contributed by atoms with van der Waals surface area (Å²) in [5, 5.41) is 16.2. The first-order valence-electron chi connectivity index (χ1n) is 4.76. The highest BCUT2D eigenvalue weighted by atomic mass is 16.5. The summed E-state index contributed by atoms with van der Waals surface area (Å²) in [5.41, 5.74) is 0.261. The lowest BCUT2D eigenvalue weighted by molar-refractivity contribution is 0.0572. The zero-order valence-corrected chi connectivity index (χ0v) is 8.38. The van der Waals surface area contributed by atoms with E-state index in [-0.39, 0.29) is 17.6 Å². The number of hydrogen-bond acceptors (Lipinski definition) is 5. The first kappa shape index (κ1) is 10.1. The number of aromatic nitrogens is 1. The van der Waals surface area contributed by atoms with Gasteiger partial charge in [0.25, 0.3) is 5.91 Å². The fourth-order valence-corrected chi connectivity index (χ4v) is 1.70. The molecule has 1 aromatic rings. The van der Waals surface area contributed by atoms with Gasteiger partial charge in [-0.1, -0.05) is 5.16 Å². The normalized spacial score (nSPS) is 25.5. The number of aliphatic hydroxyl groups is 1. The van der Waals surface area contributed by atoms with E-state index in [1.165, 1.54) is 17.2 Å². The van der Waals surface area contributed by atoms with Crippen molar-refractivity contribution < 1.29 is 14.4 Å². The van der Waals surface area contributed by atoms with Gasteiger partial charge in [-0.05, 0) is 0 Å². The Balaban J connectivity index is 2.07. The van der Waals surface area contributed by atoms with Crippen molar-refractivity contribution in [1.29, 1.82) is 0 Å². The van der Waals surface area contributed by atoms with Crippen LogP contribution in [0.1, 0.15) is 10.5 Å². The number of likely N-dealkylation sites (N-methyl/N-ethyl adjacent to an activating group) is 1. The van der Waals surface area contributed by atoms with Gasteiger partial charge >= 0.3 is 0 Å². The van der Waals surface area contributed by atoms with E-state index >= 15 is 0 Å². The van der Waals surface area contributed by atoms with E-state index in [0.29, 0.717) is 13.1 Å². The first-order chi connectivity index (χ1) is 7.20. The van der Waals surface area contributed by atoms with Crippen LogP contribution in [0.15, 0.2) is 16.9 Å². The van der Waals surface area contributed by atoms with Crippen molar-refractivity contribution in [1.82, 2.24) is 15.4 Å². The number of nitrogens with zero attached hydrogens (tertiary/aromatic N) is 2. The van der Waals surface area contributed by atoms with Gasteiger partial charge in [-0.2, -0.15) is 0 Å². The quantitative estimate of drug-likeness (QED) is 0.661. The summed E-state index contributed by atoms with van der Waals surface area (Å²) < 4.78 is 4.60. The molecule has 2 heterocycles. The molecule has 2 rings (SSSR count). The number of carbonyl (C=O) groups is 1. The Kier molecular flexibility index (Phi) is 2.70. The minimum Gasteiger partial charge on any atom is -0.390 e. The van der Waals surface area contributed by atoms with Gasteiger partial charge in [0.1, 0.15) is 6.26 Å². The van der Waals surface area contributed by atoms with Crippen molar-refractivity contribution >= 4 is 5.91 Å². The van der Waals surface area contributed by atoms with Crippen LogP contribution in [0.25, 0.3) is 0 Å². The van der Waals surface area contributed by atoms with Gasteiger partial charge in [0.05, 0.1) is 12.1 Å². The van der Waals surface area contributed by atoms with E-state index < -0.39 is 6.10 Å². The molecule has 0 saturated carbocycles. The Morgan fingerprint density at radius 2 is 2.53 bits per heavy atom. The van der Waals surface area contributed by atoms with Crippen LogP contribution < -0.4 is 5.32 Å². The Morgan fingerprint density at radius 1 is 1.73 bits per heavy atom. The zero-order valence-electron chi connectivity index (χ0n) is 8.38. The molecule has 1 fully saturated rings. The second kappa shape index (κ2) is 4.00. The average molecular weight is 211 g/mol. The molecule has 0 aliphatic carbocycles. The topological polar surface area (TPSA) is 78.6 Å². The standard InChI is InChI=1S/C9H13N3O3/c1-12(7-4-10-5-8(7)13)9(14)6-2-3-15-11-6/h2-3,7-8,10,13H,4-5H2,1H3. The number of carbonyl (C=O) groups excluding carboxylic acids is 1. The fraction of sp³-hybridized carbons (Fsp3) is 0.556. The van der Waals surface area contributed by atoms with Crippen LogP contribution in [-0.4, -0.2) is 53.4 Å². The van der Waals surface area contributed by atoms with Gasteiger partial charge in [0.15, 0.2) is 5.69 Å². The highest BCUT2D eigenvalue weighted by Crippen LogP contribution is 2.10.